The Hall–Kier alpha value is -1.80. The van der Waals surface area contributed by atoms with Gasteiger partial charge in [-0.2, -0.15) is 0 Å². The van der Waals surface area contributed by atoms with E-state index >= 15 is 0 Å². The third-order valence-corrected chi connectivity index (χ3v) is 7.28. The normalized spacial score (nSPS) is 17.3. The first-order valence-corrected chi connectivity index (χ1v) is 12.0. The van der Waals surface area contributed by atoms with Gasteiger partial charge in [0.25, 0.3) is 15.9 Å². The van der Waals surface area contributed by atoms with E-state index in [1.54, 1.807) is 24.3 Å². The van der Waals surface area contributed by atoms with Crippen LogP contribution in [0.15, 0.2) is 47.4 Å². The highest BCUT2D eigenvalue weighted by atomic mass is 35.5. The van der Waals surface area contributed by atoms with Crippen LogP contribution in [0.1, 0.15) is 30.6 Å². The van der Waals surface area contributed by atoms with Gasteiger partial charge in [0.1, 0.15) is 4.90 Å². The van der Waals surface area contributed by atoms with Gasteiger partial charge in [-0.05, 0) is 75.2 Å². The lowest BCUT2D eigenvalue weighted by molar-refractivity contribution is 0.0947. The Kier molecular flexibility index (Phi) is 7.29. The smallest absolute Gasteiger partial charge is 0.263 e. The average molecular weight is 470 g/mol. The van der Waals surface area contributed by atoms with Crippen LogP contribution in [0.3, 0.4) is 0 Å². The zero-order valence-electron chi connectivity index (χ0n) is 16.9. The Balaban J connectivity index is 1.59. The van der Waals surface area contributed by atoms with Crippen molar-refractivity contribution in [2.45, 2.75) is 31.2 Å². The largest absolute Gasteiger partial charge is 0.352 e. The second-order valence-corrected chi connectivity index (χ2v) is 10.2. The lowest BCUT2D eigenvalue weighted by atomic mass is 10.1. The molecule has 0 radical (unpaired) electrons. The number of hydrogen-bond acceptors (Lipinski definition) is 4. The van der Waals surface area contributed by atoms with Crippen molar-refractivity contribution >= 4 is 44.8 Å². The standard InChI is InChI=1S/C21H25Cl2N3O3S/c1-14(2)26-10-9-15(13-26)12-24-21(27)16-3-6-18(7-4-16)25-30(28,29)20-11-17(22)5-8-19(20)23/h3-8,11,14-15,25H,9-10,12-13H2,1-2H3,(H,24,27). The number of carbonyl (C=O) groups is 1. The molecule has 162 valence electrons. The molecule has 0 bridgehead atoms. The molecule has 1 aliphatic heterocycles. The monoisotopic (exact) mass is 469 g/mol. The van der Waals surface area contributed by atoms with E-state index in [0.29, 0.717) is 29.8 Å². The summed E-state index contributed by atoms with van der Waals surface area (Å²) in [6.45, 7) is 7.03. The third-order valence-electron chi connectivity index (χ3n) is 5.18. The van der Waals surface area contributed by atoms with Gasteiger partial charge in [-0.15, -0.1) is 0 Å². The fourth-order valence-corrected chi connectivity index (χ4v) is 5.24. The summed E-state index contributed by atoms with van der Waals surface area (Å²) in [6.07, 6.45) is 1.07. The summed E-state index contributed by atoms with van der Waals surface area (Å²) in [5, 5.41) is 3.32. The lowest BCUT2D eigenvalue weighted by Crippen LogP contribution is -2.32. The molecule has 0 aromatic heterocycles. The maximum atomic E-state index is 12.6. The van der Waals surface area contributed by atoms with Crippen molar-refractivity contribution in [2.75, 3.05) is 24.4 Å². The van der Waals surface area contributed by atoms with Gasteiger partial charge in [-0.3, -0.25) is 9.52 Å². The van der Waals surface area contributed by atoms with Crippen LogP contribution >= 0.6 is 23.2 Å². The average Bonchev–Trinajstić information content (AvgIpc) is 3.17. The molecule has 1 unspecified atom stereocenters. The number of hydrogen-bond donors (Lipinski definition) is 2. The molecule has 2 aromatic carbocycles. The fourth-order valence-electron chi connectivity index (χ4n) is 3.42. The molecule has 6 nitrogen and oxygen atoms in total. The van der Waals surface area contributed by atoms with Crippen molar-refractivity contribution in [3.05, 3.63) is 58.1 Å². The summed E-state index contributed by atoms with van der Waals surface area (Å²) in [5.74, 6) is 0.273. The summed E-state index contributed by atoms with van der Waals surface area (Å²) < 4.78 is 27.6. The predicted molar refractivity (Wildman–Crippen MR) is 121 cm³/mol. The van der Waals surface area contributed by atoms with E-state index in [1.165, 1.54) is 18.2 Å². The molecular formula is C21H25Cl2N3O3S. The zero-order chi connectivity index (χ0) is 21.9. The summed E-state index contributed by atoms with van der Waals surface area (Å²) in [6, 6.07) is 11.0. The van der Waals surface area contributed by atoms with E-state index < -0.39 is 10.0 Å². The number of halogens is 2. The second-order valence-electron chi connectivity index (χ2n) is 7.71. The Labute approximate surface area is 187 Å². The first kappa shape index (κ1) is 22.9. The molecule has 1 fully saturated rings. The highest BCUT2D eigenvalue weighted by Crippen LogP contribution is 2.27. The molecule has 30 heavy (non-hydrogen) atoms. The fraction of sp³-hybridized carbons (Fsp3) is 0.381. The van der Waals surface area contributed by atoms with Crippen LogP contribution in [0.5, 0.6) is 0 Å². The zero-order valence-corrected chi connectivity index (χ0v) is 19.2. The SMILES string of the molecule is CC(C)N1CCC(CNC(=O)c2ccc(NS(=O)(=O)c3cc(Cl)ccc3Cl)cc2)C1. The van der Waals surface area contributed by atoms with Gasteiger partial charge in [0.2, 0.25) is 0 Å². The van der Waals surface area contributed by atoms with Crippen molar-refractivity contribution in [3.8, 4) is 0 Å². The predicted octanol–water partition coefficient (Wildman–Crippen LogP) is 4.25. The van der Waals surface area contributed by atoms with E-state index in [-0.39, 0.29) is 20.8 Å². The van der Waals surface area contributed by atoms with Gasteiger partial charge >= 0.3 is 0 Å². The van der Waals surface area contributed by atoms with Crippen LogP contribution in [-0.2, 0) is 10.0 Å². The van der Waals surface area contributed by atoms with Crippen LogP contribution in [-0.4, -0.2) is 44.9 Å². The van der Waals surface area contributed by atoms with Crippen LogP contribution in [0, 0.1) is 5.92 Å². The van der Waals surface area contributed by atoms with Crippen molar-refractivity contribution in [1.29, 1.82) is 0 Å². The number of benzene rings is 2. The Bertz CT molecular complexity index is 1010. The van der Waals surface area contributed by atoms with Crippen molar-refractivity contribution in [1.82, 2.24) is 10.2 Å². The van der Waals surface area contributed by atoms with Crippen molar-refractivity contribution in [2.24, 2.45) is 5.92 Å². The molecule has 1 heterocycles. The summed E-state index contributed by atoms with van der Waals surface area (Å²) in [4.78, 5) is 14.7. The molecule has 0 spiro atoms. The number of rotatable bonds is 7. The molecule has 1 aliphatic rings. The van der Waals surface area contributed by atoms with E-state index in [1.807, 2.05) is 0 Å². The molecule has 9 heteroatoms. The molecule has 1 atom stereocenters. The number of nitrogens with one attached hydrogen (secondary N) is 2. The van der Waals surface area contributed by atoms with Crippen LogP contribution in [0.25, 0.3) is 0 Å². The molecule has 1 saturated heterocycles. The topological polar surface area (TPSA) is 78.5 Å². The molecular weight excluding hydrogens is 445 g/mol. The van der Waals surface area contributed by atoms with Gasteiger partial charge in [-0.1, -0.05) is 23.2 Å². The number of nitrogens with zero attached hydrogens (tertiary/aromatic N) is 1. The van der Waals surface area contributed by atoms with Gasteiger partial charge < -0.3 is 10.2 Å². The molecule has 2 N–H and O–H groups in total. The number of likely N-dealkylation sites (tertiary alicyclic amines) is 1. The quantitative estimate of drug-likeness (QED) is 0.634. The highest BCUT2D eigenvalue weighted by Gasteiger charge is 2.24. The first-order valence-electron chi connectivity index (χ1n) is 9.76. The minimum Gasteiger partial charge on any atom is -0.352 e. The molecule has 2 aromatic rings. The van der Waals surface area contributed by atoms with Crippen LogP contribution in [0.4, 0.5) is 5.69 Å². The Morgan fingerprint density at radius 3 is 2.50 bits per heavy atom. The van der Waals surface area contributed by atoms with Crippen molar-refractivity contribution < 1.29 is 13.2 Å². The maximum Gasteiger partial charge on any atom is 0.263 e. The second kappa shape index (κ2) is 9.56. The molecule has 0 aliphatic carbocycles. The summed E-state index contributed by atoms with van der Waals surface area (Å²) in [7, 11) is -3.90. The first-order chi connectivity index (χ1) is 14.2. The van der Waals surface area contributed by atoms with E-state index in [9.17, 15) is 13.2 Å². The summed E-state index contributed by atoms with van der Waals surface area (Å²) >= 11 is 11.9. The lowest BCUT2D eigenvalue weighted by Gasteiger charge is -2.20. The number of sulfonamides is 1. The van der Waals surface area contributed by atoms with E-state index in [2.05, 4.69) is 28.8 Å². The van der Waals surface area contributed by atoms with E-state index in [0.717, 1.165) is 19.5 Å². The number of amides is 1. The Morgan fingerprint density at radius 2 is 1.87 bits per heavy atom. The molecule has 0 saturated carbocycles. The van der Waals surface area contributed by atoms with Gasteiger partial charge in [0.15, 0.2) is 0 Å². The number of anilines is 1. The highest BCUT2D eigenvalue weighted by molar-refractivity contribution is 7.92. The van der Waals surface area contributed by atoms with Gasteiger partial charge in [-0.25, -0.2) is 8.42 Å². The maximum absolute atomic E-state index is 12.6. The summed E-state index contributed by atoms with van der Waals surface area (Å²) in [5.41, 5.74) is 0.795. The van der Waals surface area contributed by atoms with Crippen molar-refractivity contribution in [3.63, 3.8) is 0 Å². The van der Waals surface area contributed by atoms with E-state index in [4.69, 9.17) is 23.2 Å². The third kappa shape index (κ3) is 5.66. The Morgan fingerprint density at radius 1 is 1.17 bits per heavy atom. The van der Waals surface area contributed by atoms with Gasteiger partial charge in [0.05, 0.1) is 5.02 Å². The minimum atomic E-state index is -3.90. The minimum absolute atomic E-state index is 0.0749. The number of carbonyl (C=O) groups excluding carboxylic acids is 1. The van der Waals surface area contributed by atoms with Gasteiger partial charge in [0, 0.05) is 35.4 Å². The van der Waals surface area contributed by atoms with Crippen LogP contribution < -0.4 is 10.0 Å². The molecule has 3 rings (SSSR count). The molecule has 1 amide bonds. The van der Waals surface area contributed by atoms with Crippen LogP contribution in [0.2, 0.25) is 10.0 Å².